The summed E-state index contributed by atoms with van der Waals surface area (Å²) in [4.78, 5) is 24.6. The number of carbonyl (C=O) groups is 2. The van der Waals surface area contributed by atoms with E-state index >= 15 is 0 Å². The predicted molar refractivity (Wildman–Crippen MR) is 85.7 cm³/mol. The molecule has 2 N–H and O–H groups in total. The molecule has 0 spiro atoms. The Hall–Kier alpha value is -1.56. The quantitative estimate of drug-likeness (QED) is 0.863. The van der Waals surface area contributed by atoms with Gasteiger partial charge < -0.3 is 10.4 Å². The van der Waals surface area contributed by atoms with E-state index in [0.717, 1.165) is 29.3 Å². The second-order valence-electron chi connectivity index (χ2n) is 5.99. The number of aryl methyl sites for hydroxylation is 1. The first kappa shape index (κ1) is 15.3. The molecular formula is C16H19BrN2O3. The van der Waals surface area contributed by atoms with Gasteiger partial charge in [0, 0.05) is 23.5 Å². The number of hydrogen-bond acceptors (Lipinski definition) is 2. The average molecular weight is 367 g/mol. The van der Waals surface area contributed by atoms with Crippen molar-refractivity contribution in [2.45, 2.75) is 44.2 Å². The van der Waals surface area contributed by atoms with Crippen molar-refractivity contribution in [3.8, 4) is 0 Å². The van der Waals surface area contributed by atoms with Crippen LogP contribution in [-0.4, -0.2) is 34.6 Å². The molecule has 1 fully saturated rings. The van der Waals surface area contributed by atoms with Crippen LogP contribution in [-0.2, 0) is 11.2 Å². The Kier molecular flexibility index (Phi) is 4.38. The van der Waals surface area contributed by atoms with Crippen LogP contribution in [0.5, 0.6) is 0 Å². The van der Waals surface area contributed by atoms with Crippen LogP contribution in [0.2, 0.25) is 0 Å². The minimum Gasteiger partial charge on any atom is -0.465 e. The van der Waals surface area contributed by atoms with Gasteiger partial charge in [-0.3, -0.25) is 9.69 Å². The second kappa shape index (κ2) is 6.28. The molecule has 1 aromatic carbocycles. The largest absolute Gasteiger partial charge is 0.465 e. The molecule has 1 aliphatic carbocycles. The van der Waals surface area contributed by atoms with Crippen LogP contribution in [0.3, 0.4) is 0 Å². The summed E-state index contributed by atoms with van der Waals surface area (Å²) in [5, 5.41) is 12.5. The van der Waals surface area contributed by atoms with Crippen molar-refractivity contribution >= 4 is 27.9 Å². The molecular weight excluding hydrogens is 348 g/mol. The number of halogens is 1. The third-order valence-electron chi connectivity index (χ3n) is 4.51. The Labute approximate surface area is 137 Å². The minimum absolute atomic E-state index is 0.0170. The lowest BCUT2D eigenvalue weighted by Gasteiger charge is -2.35. The zero-order chi connectivity index (χ0) is 15.7. The van der Waals surface area contributed by atoms with E-state index in [2.05, 4.69) is 27.3 Å². The SMILES string of the molecule is O=C1CCC(CN(C(=O)O)[C@@H]2CCCc3cc(Br)ccc32)N1. The fourth-order valence-corrected chi connectivity index (χ4v) is 3.88. The molecule has 1 unspecified atom stereocenters. The Morgan fingerprint density at radius 1 is 1.36 bits per heavy atom. The van der Waals surface area contributed by atoms with Crippen molar-refractivity contribution in [1.82, 2.24) is 10.2 Å². The summed E-state index contributed by atoms with van der Waals surface area (Å²) in [5.74, 6) is 0.0170. The van der Waals surface area contributed by atoms with Crippen LogP contribution in [0.15, 0.2) is 22.7 Å². The Bertz CT molecular complexity index is 605. The van der Waals surface area contributed by atoms with Crippen molar-refractivity contribution in [2.75, 3.05) is 6.54 Å². The zero-order valence-corrected chi connectivity index (χ0v) is 13.8. The lowest BCUT2D eigenvalue weighted by molar-refractivity contribution is -0.119. The third-order valence-corrected chi connectivity index (χ3v) is 5.00. The van der Waals surface area contributed by atoms with E-state index < -0.39 is 6.09 Å². The topological polar surface area (TPSA) is 69.6 Å². The van der Waals surface area contributed by atoms with E-state index in [9.17, 15) is 14.7 Å². The van der Waals surface area contributed by atoms with Gasteiger partial charge in [0.15, 0.2) is 0 Å². The molecule has 0 radical (unpaired) electrons. The molecule has 0 bridgehead atoms. The van der Waals surface area contributed by atoms with Crippen LogP contribution in [0.1, 0.15) is 42.9 Å². The maximum Gasteiger partial charge on any atom is 0.407 e. The van der Waals surface area contributed by atoms with Crippen molar-refractivity contribution in [3.63, 3.8) is 0 Å². The number of benzene rings is 1. The van der Waals surface area contributed by atoms with Gasteiger partial charge in [-0.25, -0.2) is 4.79 Å². The van der Waals surface area contributed by atoms with E-state index in [-0.39, 0.29) is 18.0 Å². The van der Waals surface area contributed by atoms with Gasteiger partial charge in [0.1, 0.15) is 0 Å². The van der Waals surface area contributed by atoms with Gasteiger partial charge in [-0.05, 0) is 48.9 Å². The number of nitrogens with zero attached hydrogens (tertiary/aromatic N) is 1. The second-order valence-corrected chi connectivity index (χ2v) is 6.90. The first-order chi connectivity index (χ1) is 10.5. The van der Waals surface area contributed by atoms with Crippen LogP contribution < -0.4 is 5.32 Å². The highest BCUT2D eigenvalue weighted by atomic mass is 79.9. The van der Waals surface area contributed by atoms with Crippen molar-refractivity contribution in [2.24, 2.45) is 0 Å². The Morgan fingerprint density at radius 2 is 2.18 bits per heavy atom. The molecule has 3 rings (SSSR count). The highest BCUT2D eigenvalue weighted by Gasteiger charge is 2.32. The number of amides is 2. The summed E-state index contributed by atoms with van der Waals surface area (Å²) in [6.45, 7) is 0.362. The Balaban J connectivity index is 1.83. The molecule has 0 aromatic heterocycles. The number of hydrogen-bond donors (Lipinski definition) is 2. The molecule has 0 saturated carbocycles. The lowest BCUT2D eigenvalue weighted by Crippen LogP contribution is -2.44. The molecule has 118 valence electrons. The monoisotopic (exact) mass is 366 g/mol. The molecule has 2 aliphatic rings. The maximum absolute atomic E-state index is 11.7. The van der Waals surface area contributed by atoms with Crippen LogP contribution >= 0.6 is 15.9 Å². The fraction of sp³-hybridized carbons (Fsp3) is 0.500. The first-order valence-corrected chi connectivity index (χ1v) is 8.41. The molecule has 1 saturated heterocycles. The van der Waals surface area contributed by atoms with E-state index in [1.54, 1.807) is 0 Å². The summed E-state index contributed by atoms with van der Waals surface area (Å²) in [6.07, 6.45) is 3.09. The molecule has 2 atom stereocenters. The van der Waals surface area contributed by atoms with Crippen molar-refractivity contribution < 1.29 is 14.7 Å². The summed E-state index contributed by atoms with van der Waals surface area (Å²) in [6, 6.07) is 5.89. The summed E-state index contributed by atoms with van der Waals surface area (Å²) in [5.41, 5.74) is 2.31. The third kappa shape index (κ3) is 3.11. The Morgan fingerprint density at radius 3 is 2.86 bits per heavy atom. The standard InChI is InChI=1S/C16H19BrN2O3/c17-11-4-6-13-10(8-11)2-1-3-14(13)19(16(21)22)9-12-5-7-15(20)18-12/h4,6,8,12,14H,1-3,5,7,9H2,(H,18,20)(H,21,22)/t12?,14-/m1/s1. The molecule has 5 nitrogen and oxygen atoms in total. The number of carboxylic acid groups (broad SMARTS) is 1. The molecule has 6 heteroatoms. The van der Waals surface area contributed by atoms with Gasteiger partial charge >= 0.3 is 6.09 Å². The van der Waals surface area contributed by atoms with Crippen molar-refractivity contribution in [1.29, 1.82) is 0 Å². The molecule has 2 amide bonds. The van der Waals surface area contributed by atoms with Gasteiger partial charge in [-0.15, -0.1) is 0 Å². The van der Waals surface area contributed by atoms with Gasteiger partial charge in [0.2, 0.25) is 5.91 Å². The zero-order valence-electron chi connectivity index (χ0n) is 12.2. The molecule has 1 heterocycles. The number of carbonyl (C=O) groups excluding carboxylic acids is 1. The average Bonchev–Trinajstić information content (AvgIpc) is 2.89. The highest BCUT2D eigenvalue weighted by Crippen LogP contribution is 2.36. The lowest BCUT2D eigenvalue weighted by atomic mass is 9.86. The molecule has 22 heavy (non-hydrogen) atoms. The van der Waals surface area contributed by atoms with Crippen LogP contribution in [0, 0.1) is 0 Å². The predicted octanol–water partition coefficient (Wildman–Crippen LogP) is 3.09. The first-order valence-electron chi connectivity index (χ1n) is 7.62. The summed E-state index contributed by atoms with van der Waals surface area (Å²) in [7, 11) is 0. The van der Waals surface area contributed by atoms with E-state index in [4.69, 9.17) is 0 Å². The van der Waals surface area contributed by atoms with Crippen LogP contribution in [0.4, 0.5) is 4.79 Å². The van der Waals surface area contributed by atoms with Crippen LogP contribution in [0.25, 0.3) is 0 Å². The number of nitrogens with one attached hydrogen (secondary N) is 1. The minimum atomic E-state index is -0.915. The molecule has 1 aliphatic heterocycles. The van der Waals surface area contributed by atoms with Gasteiger partial charge in [0.05, 0.1) is 6.04 Å². The molecule has 1 aromatic rings. The van der Waals surface area contributed by atoms with E-state index in [0.29, 0.717) is 19.4 Å². The number of fused-ring (bicyclic) bond motifs is 1. The van der Waals surface area contributed by atoms with Gasteiger partial charge in [-0.1, -0.05) is 22.0 Å². The van der Waals surface area contributed by atoms with Crippen molar-refractivity contribution in [3.05, 3.63) is 33.8 Å². The smallest absolute Gasteiger partial charge is 0.407 e. The van der Waals surface area contributed by atoms with Gasteiger partial charge in [0.25, 0.3) is 0 Å². The summed E-state index contributed by atoms with van der Waals surface area (Å²) < 4.78 is 1.02. The van der Waals surface area contributed by atoms with Gasteiger partial charge in [-0.2, -0.15) is 0 Å². The van der Waals surface area contributed by atoms with E-state index in [1.807, 2.05) is 12.1 Å². The fourth-order valence-electron chi connectivity index (χ4n) is 3.47. The van der Waals surface area contributed by atoms with E-state index in [1.165, 1.54) is 10.5 Å². The highest BCUT2D eigenvalue weighted by molar-refractivity contribution is 9.10. The normalized spacial score (nSPS) is 23.8. The number of rotatable bonds is 3. The summed E-state index contributed by atoms with van der Waals surface area (Å²) >= 11 is 3.48. The maximum atomic E-state index is 11.7.